The van der Waals surface area contributed by atoms with Gasteiger partial charge < -0.3 is 20.0 Å². The van der Waals surface area contributed by atoms with Crippen molar-refractivity contribution in [2.45, 2.75) is 24.6 Å². The number of nitrogens with zero attached hydrogens (tertiary/aromatic N) is 4. The first-order chi connectivity index (χ1) is 14.8. The Morgan fingerprint density at radius 2 is 1.87 bits per heavy atom. The van der Waals surface area contributed by atoms with Gasteiger partial charge >= 0.3 is 6.18 Å². The van der Waals surface area contributed by atoms with E-state index in [1.807, 2.05) is 6.07 Å². The molecule has 3 aromatic heterocycles. The highest BCUT2D eigenvalue weighted by Crippen LogP contribution is 2.36. The molecule has 4 heterocycles. The number of halogens is 3. The zero-order chi connectivity index (χ0) is 21.6. The molecule has 31 heavy (non-hydrogen) atoms. The van der Waals surface area contributed by atoms with Crippen LogP contribution >= 0.6 is 0 Å². The normalized spacial score (nSPS) is 16.7. The quantitative estimate of drug-likeness (QED) is 0.461. The zero-order valence-corrected chi connectivity index (χ0v) is 16.3. The number of benzene rings is 1. The summed E-state index contributed by atoms with van der Waals surface area (Å²) in [5.74, 6) is 1.16. The summed E-state index contributed by atoms with van der Waals surface area (Å²) in [6.45, 7) is 1.10. The predicted octanol–water partition coefficient (Wildman–Crippen LogP) is 3.85. The van der Waals surface area contributed by atoms with Gasteiger partial charge in [-0.05, 0) is 18.2 Å². The van der Waals surface area contributed by atoms with Crippen molar-refractivity contribution in [1.29, 1.82) is 0 Å². The molecule has 160 valence electrons. The molecular weight excluding hydrogens is 409 g/mol. The molecule has 0 spiro atoms. The third-order valence-corrected chi connectivity index (χ3v) is 5.74. The van der Waals surface area contributed by atoms with Crippen molar-refractivity contribution in [3.63, 3.8) is 0 Å². The number of imidazole rings is 1. The second kappa shape index (κ2) is 7.09. The number of rotatable bonds is 3. The summed E-state index contributed by atoms with van der Waals surface area (Å²) in [5, 5.41) is 12.1. The van der Waals surface area contributed by atoms with E-state index in [1.165, 1.54) is 18.6 Å². The molecule has 0 radical (unpaired) electrons. The van der Waals surface area contributed by atoms with Crippen molar-refractivity contribution in [3.8, 4) is 11.3 Å². The Labute approximate surface area is 175 Å². The van der Waals surface area contributed by atoms with E-state index >= 15 is 0 Å². The first kappa shape index (κ1) is 19.6. The summed E-state index contributed by atoms with van der Waals surface area (Å²) in [7, 11) is 0. The van der Waals surface area contributed by atoms with Crippen LogP contribution < -0.4 is 4.90 Å². The molecule has 0 unspecified atom stereocenters. The topological polar surface area (TPSA) is 93.7 Å². The van der Waals surface area contributed by atoms with E-state index in [-0.39, 0.29) is 0 Å². The maximum absolute atomic E-state index is 13.0. The van der Waals surface area contributed by atoms with Gasteiger partial charge in [-0.2, -0.15) is 13.2 Å². The third-order valence-electron chi connectivity index (χ3n) is 5.74. The molecule has 0 amide bonds. The molecule has 3 N–H and O–H groups in total. The zero-order valence-electron chi connectivity index (χ0n) is 16.3. The lowest BCUT2D eigenvalue weighted by atomic mass is 9.90. The van der Waals surface area contributed by atoms with Crippen molar-refractivity contribution < 1.29 is 18.3 Å². The molecule has 1 saturated heterocycles. The van der Waals surface area contributed by atoms with Crippen LogP contribution in [0.1, 0.15) is 24.2 Å². The van der Waals surface area contributed by atoms with Crippen LogP contribution in [0.5, 0.6) is 0 Å². The molecule has 0 saturated carbocycles. The number of alkyl halides is 3. The average molecular weight is 428 g/mol. The number of fused-ring (bicyclic) bond motifs is 1. The monoisotopic (exact) mass is 428 g/mol. The highest BCUT2D eigenvalue weighted by Gasteiger charge is 2.37. The Bertz CT molecular complexity index is 1220. The molecule has 1 fully saturated rings. The van der Waals surface area contributed by atoms with Crippen molar-refractivity contribution in [3.05, 3.63) is 60.4 Å². The van der Waals surface area contributed by atoms with Crippen LogP contribution in [0.15, 0.2) is 49.1 Å². The second-order valence-corrected chi connectivity index (χ2v) is 7.68. The minimum atomic E-state index is -4.42. The van der Waals surface area contributed by atoms with Gasteiger partial charge in [0, 0.05) is 37.7 Å². The van der Waals surface area contributed by atoms with Gasteiger partial charge in [0.15, 0.2) is 0 Å². The number of aliphatic hydroxyl groups is 1. The van der Waals surface area contributed by atoms with E-state index in [0.717, 1.165) is 29.0 Å². The molecule has 0 bridgehead atoms. The summed E-state index contributed by atoms with van der Waals surface area (Å²) in [5.41, 5.74) is -0.371. The van der Waals surface area contributed by atoms with Crippen molar-refractivity contribution >= 4 is 16.9 Å². The molecule has 4 aromatic rings. The fourth-order valence-corrected chi connectivity index (χ4v) is 4.00. The number of anilines is 1. The minimum absolute atomic E-state index is 0.356. The first-order valence-electron chi connectivity index (χ1n) is 9.82. The molecule has 1 aromatic carbocycles. The maximum atomic E-state index is 13.0. The average Bonchev–Trinajstić information content (AvgIpc) is 3.44. The molecule has 1 aliphatic rings. The Kier molecular flexibility index (Phi) is 4.47. The van der Waals surface area contributed by atoms with Gasteiger partial charge in [-0.1, -0.05) is 12.1 Å². The summed E-state index contributed by atoms with van der Waals surface area (Å²) >= 11 is 0. The van der Waals surface area contributed by atoms with Crippen LogP contribution in [0.25, 0.3) is 22.3 Å². The van der Waals surface area contributed by atoms with Crippen molar-refractivity contribution in [2.24, 2.45) is 0 Å². The number of nitrogens with one attached hydrogen (secondary N) is 2. The van der Waals surface area contributed by atoms with Gasteiger partial charge in [0.2, 0.25) is 0 Å². The second-order valence-electron chi connectivity index (χ2n) is 7.68. The van der Waals surface area contributed by atoms with Crippen molar-refractivity contribution in [1.82, 2.24) is 24.9 Å². The van der Waals surface area contributed by atoms with Crippen LogP contribution in [0, 0.1) is 0 Å². The molecule has 7 nitrogen and oxygen atoms in total. The van der Waals surface area contributed by atoms with E-state index in [4.69, 9.17) is 0 Å². The lowest BCUT2D eigenvalue weighted by molar-refractivity contribution is -0.137. The fraction of sp³-hybridized carbons (Fsp3) is 0.286. The van der Waals surface area contributed by atoms with Crippen molar-refractivity contribution in [2.75, 3.05) is 18.0 Å². The SMILES string of the molecule is OC1(c2ncc(-c3cccc(C(F)(F)F)c3)[nH]2)CCN(c2ncnc3[nH]ccc23)CC1. The number of hydrogen-bond donors (Lipinski definition) is 3. The van der Waals surface area contributed by atoms with Gasteiger partial charge in [0.25, 0.3) is 0 Å². The Hall–Kier alpha value is -3.40. The Morgan fingerprint density at radius 1 is 1.06 bits per heavy atom. The molecular formula is C21H19F3N6O. The van der Waals surface area contributed by atoms with E-state index in [2.05, 4.69) is 29.8 Å². The number of aromatic amines is 2. The van der Waals surface area contributed by atoms with Crippen LogP contribution in [0.2, 0.25) is 0 Å². The molecule has 10 heteroatoms. The van der Waals surface area contributed by atoms with Crippen LogP contribution in [0.4, 0.5) is 19.0 Å². The predicted molar refractivity (Wildman–Crippen MR) is 108 cm³/mol. The highest BCUT2D eigenvalue weighted by atomic mass is 19.4. The lowest BCUT2D eigenvalue weighted by Gasteiger charge is -2.37. The molecule has 0 atom stereocenters. The van der Waals surface area contributed by atoms with E-state index in [1.54, 1.807) is 12.3 Å². The van der Waals surface area contributed by atoms with E-state index < -0.39 is 17.3 Å². The maximum Gasteiger partial charge on any atom is 0.416 e. The molecule has 0 aliphatic carbocycles. The molecule has 5 rings (SSSR count). The van der Waals surface area contributed by atoms with Gasteiger partial charge in [-0.3, -0.25) is 0 Å². The lowest BCUT2D eigenvalue weighted by Crippen LogP contribution is -2.43. The van der Waals surface area contributed by atoms with Gasteiger partial charge in [0.1, 0.15) is 29.2 Å². The van der Waals surface area contributed by atoms with Crippen LogP contribution in [0.3, 0.4) is 0 Å². The van der Waals surface area contributed by atoms with Crippen LogP contribution in [-0.2, 0) is 11.8 Å². The summed E-state index contributed by atoms with van der Waals surface area (Å²) in [4.78, 5) is 21.0. The van der Waals surface area contributed by atoms with Gasteiger partial charge in [0.05, 0.1) is 22.8 Å². The van der Waals surface area contributed by atoms with E-state index in [9.17, 15) is 18.3 Å². The number of H-pyrrole nitrogens is 2. The summed E-state index contributed by atoms with van der Waals surface area (Å²) < 4.78 is 39.0. The third kappa shape index (κ3) is 3.52. The molecule has 1 aliphatic heterocycles. The Morgan fingerprint density at radius 3 is 2.65 bits per heavy atom. The highest BCUT2D eigenvalue weighted by molar-refractivity contribution is 5.87. The summed E-state index contributed by atoms with van der Waals surface area (Å²) in [6.07, 6.45) is 1.15. The van der Waals surface area contributed by atoms with Gasteiger partial charge in [-0.15, -0.1) is 0 Å². The standard InChI is InChI=1S/C21H19F3N6O/c22-21(23,24)14-3-1-2-13(10-14)16-11-26-19(29-16)20(31)5-8-30(9-6-20)18-15-4-7-25-17(15)27-12-28-18/h1-4,7,10-12,31H,5-6,8-9H2,(H,26,29)(H,25,27,28). The Balaban J connectivity index is 1.35. The summed E-state index contributed by atoms with van der Waals surface area (Å²) in [6, 6.07) is 6.95. The minimum Gasteiger partial charge on any atom is -0.382 e. The largest absolute Gasteiger partial charge is 0.416 e. The number of piperidine rings is 1. The number of aromatic nitrogens is 5. The first-order valence-corrected chi connectivity index (χ1v) is 9.82. The smallest absolute Gasteiger partial charge is 0.382 e. The fourth-order valence-electron chi connectivity index (χ4n) is 4.00. The van der Waals surface area contributed by atoms with E-state index in [0.29, 0.717) is 43.0 Å². The van der Waals surface area contributed by atoms with Gasteiger partial charge in [-0.25, -0.2) is 15.0 Å². The number of hydrogen-bond acceptors (Lipinski definition) is 5. The van der Waals surface area contributed by atoms with Crippen LogP contribution in [-0.4, -0.2) is 43.1 Å².